The van der Waals surface area contributed by atoms with Gasteiger partial charge < -0.3 is 10.6 Å². The summed E-state index contributed by atoms with van der Waals surface area (Å²) in [6, 6.07) is 7.56. The van der Waals surface area contributed by atoms with E-state index in [1.807, 2.05) is 0 Å². The van der Waals surface area contributed by atoms with E-state index in [1.54, 1.807) is 18.2 Å². The molecule has 0 spiro atoms. The Morgan fingerprint density at radius 2 is 1.71 bits per heavy atom. The Hall–Kier alpha value is -2.44. The minimum Gasteiger partial charge on any atom is -0.348 e. The molecule has 0 aliphatic carbocycles. The summed E-state index contributed by atoms with van der Waals surface area (Å²) in [6.07, 6.45) is 0.419. The van der Waals surface area contributed by atoms with Gasteiger partial charge in [0.1, 0.15) is 6.54 Å². The highest BCUT2D eigenvalue weighted by Crippen LogP contribution is 2.08. The van der Waals surface area contributed by atoms with Crippen LogP contribution in [0.5, 0.6) is 0 Å². The Bertz CT molecular complexity index is 661. The number of hydrogen-bond donors (Lipinski definition) is 3. The molecular formula is C12H14N4O4S. The fourth-order valence-electron chi connectivity index (χ4n) is 1.45. The quantitative estimate of drug-likeness (QED) is 0.454. The molecule has 8 nitrogen and oxygen atoms in total. The van der Waals surface area contributed by atoms with Crippen LogP contribution in [0.15, 0.2) is 29.2 Å². The molecule has 0 unspecified atom stereocenters. The molecule has 1 rings (SSSR count). The summed E-state index contributed by atoms with van der Waals surface area (Å²) in [6.45, 7) is -0.0329. The third-order valence-corrected chi connectivity index (χ3v) is 3.41. The van der Waals surface area contributed by atoms with Gasteiger partial charge in [0.15, 0.2) is 0 Å². The average Bonchev–Trinajstić information content (AvgIpc) is 2.44. The van der Waals surface area contributed by atoms with Crippen LogP contribution < -0.4 is 15.8 Å². The van der Waals surface area contributed by atoms with Gasteiger partial charge in [-0.05, 0) is 24.1 Å². The molecule has 0 bridgehead atoms. The lowest BCUT2D eigenvalue weighted by Gasteiger charge is -2.05. The first-order valence-electron chi connectivity index (χ1n) is 5.89. The first-order valence-corrected chi connectivity index (χ1v) is 7.44. The van der Waals surface area contributed by atoms with Crippen molar-refractivity contribution in [1.82, 2.24) is 10.6 Å². The molecular weight excluding hydrogens is 296 g/mol. The highest BCUT2D eigenvalue weighted by atomic mass is 32.2. The van der Waals surface area contributed by atoms with E-state index in [1.165, 1.54) is 12.1 Å². The Morgan fingerprint density at radius 1 is 1.14 bits per heavy atom. The number of amides is 2. The van der Waals surface area contributed by atoms with E-state index in [4.69, 9.17) is 10.4 Å². The van der Waals surface area contributed by atoms with Crippen molar-refractivity contribution in [2.75, 3.05) is 13.1 Å². The molecule has 21 heavy (non-hydrogen) atoms. The number of primary sulfonamides is 1. The molecule has 9 heteroatoms. The van der Waals surface area contributed by atoms with E-state index >= 15 is 0 Å². The van der Waals surface area contributed by atoms with Gasteiger partial charge in [0.2, 0.25) is 10.0 Å². The molecule has 2 amide bonds. The van der Waals surface area contributed by atoms with Crippen LogP contribution in [0.3, 0.4) is 0 Å². The van der Waals surface area contributed by atoms with E-state index in [0.717, 1.165) is 5.56 Å². The van der Waals surface area contributed by atoms with Crippen LogP contribution in [0.25, 0.3) is 0 Å². The maximum Gasteiger partial charge on any atom is 0.310 e. The second kappa shape index (κ2) is 7.37. The number of benzene rings is 1. The van der Waals surface area contributed by atoms with Crippen LogP contribution in [0.2, 0.25) is 0 Å². The lowest BCUT2D eigenvalue weighted by molar-refractivity contribution is -0.139. The largest absolute Gasteiger partial charge is 0.348 e. The number of nitrogens with two attached hydrogens (primary N) is 1. The van der Waals surface area contributed by atoms with Crippen molar-refractivity contribution in [2.24, 2.45) is 5.14 Å². The van der Waals surface area contributed by atoms with E-state index in [9.17, 15) is 18.0 Å². The summed E-state index contributed by atoms with van der Waals surface area (Å²) >= 11 is 0. The average molecular weight is 310 g/mol. The molecule has 1 aromatic rings. The maximum absolute atomic E-state index is 11.3. The first kappa shape index (κ1) is 16.6. The zero-order chi connectivity index (χ0) is 15.9. The molecule has 0 aromatic heterocycles. The van der Waals surface area contributed by atoms with Crippen LogP contribution in [0.4, 0.5) is 0 Å². The first-order chi connectivity index (χ1) is 9.84. The molecule has 0 saturated heterocycles. The fourth-order valence-corrected chi connectivity index (χ4v) is 1.96. The number of nitrogens with zero attached hydrogens (tertiary/aromatic N) is 1. The molecule has 0 aliphatic rings. The normalized spacial score (nSPS) is 10.5. The van der Waals surface area contributed by atoms with Gasteiger partial charge in [-0.2, -0.15) is 5.26 Å². The van der Waals surface area contributed by atoms with E-state index in [2.05, 4.69) is 10.6 Å². The highest BCUT2D eigenvalue weighted by Gasteiger charge is 2.11. The Kier molecular flexibility index (Phi) is 5.83. The molecule has 0 aliphatic heterocycles. The minimum absolute atomic E-state index is 0.00571. The SMILES string of the molecule is N#CCNC(=O)C(=O)NCCc1ccc(S(N)(=O)=O)cc1. The highest BCUT2D eigenvalue weighted by molar-refractivity contribution is 7.89. The molecule has 1 aromatic carbocycles. The third kappa shape index (κ3) is 5.60. The molecule has 0 atom stereocenters. The van der Waals surface area contributed by atoms with Crippen molar-refractivity contribution in [2.45, 2.75) is 11.3 Å². The predicted octanol–water partition coefficient (Wildman–Crippen LogP) is -1.37. The smallest absolute Gasteiger partial charge is 0.310 e. The van der Waals surface area contributed by atoms with Gasteiger partial charge in [0.25, 0.3) is 0 Å². The summed E-state index contributed by atoms with van der Waals surface area (Å²) < 4.78 is 22.1. The molecule has 0 heterocycles. The van der Waals surface area contributed by atoms with Crippen LogP contribution in [0, 0.1) is 11.3 Å². The van der Waals surface area contributed by atoms with E-state index in [0.29, 0.717) is 6.42 Å². The third-order valence-electron chi connectivity index (χ3n) is 2.49. The van der Waals surface area contributed by atoms with Crippen LogP contribution in [-0.4, -0.2) is 33.3 Å². The van der Waals surface area contributed by atoms with Crippen molar-refractivity contribution in [1.29, 1.82) is 5.26 Å². The van der Waals surface area contributed by atoms with Gasteiger partial charge in [-0.25, -0.2) is 13.6 Å². The van der Waals surface area contributed by atoms with Gasteiger partial charge in [0.05, 0.1) is 11.0 Å². The summed E-state index contributed by atoms with van der Waals surface area (Å²) in [4.78, 5) is 22.4. The zero-order valence-electron chi connectivity index (χ0n) is 11.0. The van der Waals surface area contributed by atoms with Crippen molar-refractivity contribution >= 4 is 21.8 Å². The summed E-state index contributed by atoms with van der Waals surface area (Å²) in [5.41, 5.74) is 0.778. The fraction of sp³-hybridized carbons (Fsp3) is 0.250. The summed E-state index contributed by atoms with van der Waals surface area (Å²) in [7, 11) is -3.72. The van der Waals surface area contributed by atoms with Gasteiger partial charge >= 0.3 is 11.8 Å². The van der Waals surface area contributed by atoms with Crippen molar-refractivity contribution in [3.8, 4) is 6.07 Å². The van der Waals surface area contributed by atoms with E-state index < -0.39 is 21.8 Å². The van der Waals surface area contributed by atoms with Crippen LogP contribution in [0.1, 0.15) is 5.56 Å². The number of carbonyl (C=O) groups is 2. The van der Waals surface area contributed by atoms with Crippen LogP contribution >= 0.6 is 0 Å². The molecule has 0 fully saturated rings. The van der Waals surface area contributed by atoms with Crippen LogP contribution in [-0.2, 0) is 26.0 Å². The standard InChI is InChI=1S/C12H14N4O4S/c13-6-8-16-12(18)11(17)15-7-5-9-1-3-10(4-2-9)21(14,19)20/h1-4H,5,7-8H2,(H,15,17)(H,16,18)(H2,14,19,20). The van der Waals surface area contributed by atoms with Crippen molar-refractivity contribution in [3.63, 3.8) is 0 Å². The van der Waals surface area contributed by atoms with Gasteiger partial charge in [0, 0.05) is 6.54 Å². The Labute approximate surface area is 122 Å². The Balaban J connectivity index is 2.45. The molecule has 112 valence electrons. The zero-order valence-corrected chi connectivity index (χ0v) is 11.8. The Morgan fingerprint density at radius 3 is 2.24 bits per heavy atom. The number of carbonyl (C=O) groups excluding carboxylic acids is 2. The van der Waals surface area contributed by atoms with Gasteiger partial charge in [-0.3, -0.25) is 9.59 Å². The lowest BCUT2D eigenvalue weighted by Crippen LogP contribution is -2.40. The monoisotopic (exact) mass is 310 g/mol. The minimum atomic E-state index is -3.72. The second-order valence-corrected chi connectivity index (χ2v) is 5.60. The maximum atomic E-state index is 11.3. The second-order valence-electron chi connectivity index (χ2n) is 4.04. The number of sulfonamides is 1. The number of hydrogen-bond acceptors (Lipinski definition) is 5. The summed E-state index contributed by atoms with van der Waals surface area (Å²) in [5.74, 6) is -1.70. The number of nitrogens with one attached hydrogen (secondary N) is 2. The predicted molar refractivity (Wildman–Crippen MR) is 73.2 cm³/mol. The van der Waals surface area contributed by atoms with Gasteiger partial charge in [-0.1, -0.05) is 12.1 Å². The lowest BCUT2D eigenvalue weighted by atomic mass is 10.1. The van der Waals surface area contributed by atoms with E-state index in [-0.39, 0.29) is 18.0 Å². The number of rotatable bonds is 5. The molecule has 0 saturated carbocycles. The van der Waals surface area contributed by atoms with Crippen molar-refractivity contribution < 1.29 is 18.0 Å². The number of nitriles is 1. The molecule has 0 radical (unpaired) electrons. The molecule has 4 N–H and O–H groups in total. The van der Waals surface area contributed by atoms with Crippen molar-refractivity contribution in [3.05, 3.63) is 29.8 Å². The van der Waals surface area contributed by atoms with Gasteiger partial charge in [-0.15, -0.1) is 0 Å². The summed E-state index contributed by atoms with van der Waals surface area (Å²) in [5, 5.41) is 17.7. The topological polar surface area (TPSA) is 142 Å².